The lowest BCUT2D eigenvalue weighted by Gasteiger charge is -2.12. The lowest BCUT2D eigenvalue weighted by molar-refractivity contribution is -0.124. The summed E-state index contributed by atoms with van der Waals surface area (Å²) in [4.78, 5) is 23.8. The molecule has 0 atom stereocenters. The van der Waals surface area contributed by atoms with Crippen molar-refractivity contribution in [1.82, 2.24) is 4.68 Å². The Labute approximate surface area is 123 Å². The number of hydrogen-bond donors (Lipinski definition) is 2. The maximum absolute atomic E-state index is 11.9. The van der Waals surface area contributed by atoms with Gasteiger partial charge in [0.15, 0.2) is 0 Å². The SMILES string of the molecule is Cc1ccccc1NC(=O)CC(=O)Nn1c(C)ccc1C. The molecule has 110 valence electrons. The van der Waals surface area contributed by atoms with Gasteiger partial charge in [0.25, 0.3) is 0 Å². The number of hydrogen-bond acceptors (Lipinski definition) is 2. The van der Waals surface area contributed by atoms with Crippen LogP contribution in [0.5, 0.6) is 0 Å². The fourth-order valence-electron chi connectivity index (χ4n) is 2.06. The minimum atomic E-state index is -0.344. The van der Waals surface area contributed by atoms with Crippen LogP contribution in [0.4, 0.5) is 5.69 Å². The highest BCUT2D eigenvalue weighted by molar-refractivity contribution is 6.06. The molecule has 0 aliphatic carbocycles. The maximum Gasteiger partial charge on any atom is 0.248 e. The number of nitrogens with zero attached hydrogens (tertiary/aromatic N) is 1. The second kappa shape index (κ2) is 6.26. The summed E-state index contributed by atoms with van der Waals surface area (Å²) in [5.74, 6) is -0.673. The van der Waals surface area contributed by atoms with E-state index in [2.05, 4.69) is 10.7 Å². The number of aryl methyl sites for hydroxylation is 3. The average molecular weight is 285 g/mol. The molecule has 0 aliphatic heterocycles. The van der Waals surface area contributed by atoms with E-state index in [0.717, 1.165) is 22.6 Å². The molecule has 2 aromatic rings. The first-order valence-electron chi connectivity index (χ1n) is 6.77. The van der Waals surface area contributed by atoms with Crippen molar-refractivity contribution in [3.05, 3.63) is 53.3 Å². The zero-order chi connectivity index (χ0) is 15.4. The van der Waals surface area contributed by atoms with Crippen LogP contribution in [0.15, 0.2) is 36.4 Å². The van der Waals surface area contributed by atoms with E-state index in [9.17, 15) is 9.59 Å². The van der Waals surface area contributed by atoms with Crippen LogP contribution >= 0.6 is 0 Å². The highest BCUT2D eigenvalue weighted by atomic mass is 16.2. The van der Waals surface area contributed by atoms with Crippen LogP contribution in [0, 0.1) is 20.8 Å². The topological polar surface area (TPSA) is 63.1 Å². The van der Waals surface area contributed by atoms with E-state index in [1.807, 2.05) is 57.2 Å². The van der Waals surface area contributed by atoms with Gasteiger partial charge in [0.05, 0.1) is 0 Å². The van der Waals surface area contributed by atoms with Gasteiger partial charge in [-0.15, -0.1) is 0 Å². The average Bonchev–Trinajstić information content (AvgIpc) is 2.73. The molecule has 0 unspecified atom stereocenters. The van der Waals surface area contributed by atoms with Crippen LogP contribution in [0.2, 0.25) is 0 Å². The molecule has 5 heteroatoms. The number of aromatic nitrogens is 1. The highest BCUT2D eigenvalue weighted by Crippen LogP contribution is 2.13. The second-order valence-corrected chi connectivity index (χ2v) is 5.03. The Morgan fingerprint density at radius 3 is 2.19 bits per heavy atom. The number of rotatable bonds is 4. The summed E-state index contributed by atoms with van der Waals surface area (Å²) in [6.45, 7) is 5.68. The Morgan fingerprint density at radius 1 is 0.952 bits per heavy atom. The molecular weight excluding hydrogens is 266 g/mol. The lowest BCUT2D eigenvalue weighted by Crippen LogP contribution is -2.28. The van der Waals surface area contributed by atoms with Gasteiger partial charge in [-0.2, -0.15) is 0 Å². The van der Waals surface area contributed by atoms with Gasteiger partial charge >= 0.3 is 0 Å². The molecular formula is C16H19N3O2. The smallest absolute Gasteiger partial charge is 0.248 e. The van der Waals surface area contributed by atoms with E-state index in [-0.39, 0.29) is 18.2 Å². The molecule has 0 aliphatic rings. The number of carbonyl (C=O) groups excluding carboxylic acids is 2. The first-order valence-corrected chi connectivity index (χ1v) is 6.77. The van der Waals surface area contributed by atoms with Crippen molar-refractivity contribution in [2.45, 2.75) is 27.2 Å². The summed E-state index contributed by atoms with van der Waals surface area (Å²) in [5, 5.41) is 2.74. The Kier molecular flexibility index (Phi) is 4.42. The lowest BCUT2D eigenvalue weighted by atomic mass is 10.2. The van der Waals surface area contributed by atoms with E-state index in [1.165, 1.54) is 0 Å². The van der Waals surface area contributed by atoms with Crippen molar-refractivity contribution >= 4 is 17.5 Å². The minimum Gasteiger partial charge on any atom is -0.325 e. The van der Waals surface area contributed by atoms with Crippen molar-refractivity contribution < 1.29 is 9.59 Å². The number of anilines is 1. The van der Waals surface area contributed by atoms with Gasteiger partial charge in [-0.3, -0.25) is 19.7 Å². The van der Waals surface area contributed by atoms with Crippen LogP contribution in [-0.2, 0) is 9.59 Å². The van der Waals surface area contributed by atoms with Crippen molar-refractivity contribution in [2.24, 2.45) is 0 Å². The van der Waals surface area contributed by atoms with Crippen LogP contribution < -0.4 is 10.7 Å². The van der Waals surface area contributed by atoms with Gasteiger partial charge in [0.1, 0.15) is 6.42 Å². The fourth-order valence-corrected chi connectivity index (χ4v) is 2.06. The van der Waals surface area contributed by atoms with Gasteiger partial charge in [-0.05, 0) is 44.5 Å². The predicted octanol–water partition coefficient (Wildman–Crippen LogP) is 2.51. The molecule has 0 bridgehead atoms. The number of carbonyl (C=O) groups is 2. The van der Waals surface area contributed by atoms with Crippen molar-refractivity contribution in [2.75, 3.05) is 10.7 Å². The van der Waals surface area contributed by atoms with Crippen LogP contribution in [0.1, 0.15) is 23.4 Å². The monoisotopic (exact) mass is 285 g/mol. The molecule has 2 rings (SSSR count). The normalized spacial score (nSPS) is 10.2. The predicted molar refractivity (Wildman–Crippen MR) is 82.7 cm³/mol. The molecule has 1 heterocycles. The van der Waals surface area contributed by atoms with Gasteiger partial charge in [0, 0.05) is 17.1 Å². The molecule has 1 aromatic heterocycles. The molecule has 0 saturated carbocycles. The summed E-state index contributed by atoms with van der Waals surface area (Å²) >= 11 is 0. The second-order valence-electron chi connectivity index (χ2n) is 5.03. The van der Waals surface area contributed by atoms with Crippen molar-refractivity contribution in [3.8, 4) is 0 Å². The summed E-state index contributed by atoms with van der Waals surface area (Å²) < 4.78 is 1.67. The third-order valence-corrected chi connectivity index (χ3v) is 3.25. The zero-order valence-electron chi connectivity index (χ0n) is 12.4. The van der Waals surface area contributed by atoms with Crippen LogP contribution in [0.25, 0.3) is 0 Å². The molecule has 0 radical (unpaired) electrons. The summed E-state index contributed by atoms with van der Waals surface area (Å²) in [7, 11) is 0. The van der Waals surface area contributed by atoms with Crippen molar-refractivity contribution in [1.29, 1.82) is 0 Å². The zero-order valence-corrected chi connectivity index (χ0v) is 12.4. The first kappa shape index (κ1) is 14.8. The Hall–Kier alpha value is -2.56. The van der Waals surface area contributed by atoms with Crippen LogP contribution in [0.3, 0.4) is 0 Å². The number of amides is 2. The van der Waals surface area contributed by atoms with Gasteiger partial charge in [-0.25, -0.2) is 0 Å². The first-order chi connectivity index (χ1) is 9.97. The van der Waals surface area contributed by atoms with E-state index in [4.69, 9.17) is 0 Å². The number of para-hydroxylation sites is 1. The molecule has 2 N–H and O–H groups in total. The van der Waals surface area contributed by atoms with Crippen molar-refractivity contribution in [3.63, 3.8) is 0 Å². The highest BCUT2D eigenvalue weighted by Gasteiger charge is 2.12. The van der Waals surface area contributed by atoms with E-state index >= 15 is 0 Å². The summed E-state index contributed by atoms with van der Waals surface area (Å²) in [5.41, 5.74) is 6.23. The summed E-state index contributed by atoms with van der Waals surface area (Å²) in [6.07, 6.45) is -0.217. The Morgan fingerprint density at radius 2 is 1.57 bits per heavy atom. The number of nitrogens with one attached hydrogen (secondary N) is 2. The molecule has 0 saturated heterocycles. The number of benzene rings is 1. The van der Waals surface area contributed by atoms with Gasteiger partial charge < -0.3 is 5.32 Å². The molecule has 5 nitrogen and oxygen atoms in total. The summed E-state index contributed by atoms with van der Waals surface area (Å²) in [6, 6.07) is 11.3. The Balaban J connectivity index is 1.94. The van der Waals surface area contributed by atoms with E-state index in [1.54, 1.807) is 4.68 Å². The molecule has 0 spiro atoms. The van der Waals surface area contributed by atoms with E-state index < -0.39 is 0 Å². The van der Waals surface area contributed by atoms with E-state index in [0.29, 0.717) is 0 Å². The standard InChI is InChI=1S/C16H19N3O2/c1-11-6-4-5-7-14(11)17-15(20)10-16(21)18-19-12(2)8-9-13(19)3/h4-9H,10H2,1-3H3,(H,17,20)(H,18,21). The van der Waals surface area contributed by atoms with Gasteiger partial charge in [-0.1, -0.05) is 18.2 Å². The van der Waals surface area contributed by atoms with Crippen LogP contribution in [-0.4, -0.2) is 16.5 Å². The molecule has 21 heavy (non-hydrogen) atoms. The molecule has 0 fully saturated rings. The molecule has 2 amide bonds. The maximum atomic E-state index is 11.9. The third-order valence-electron chi connectivity index (χ3n) is 3.25. The Bertz CT molecular complexity index is 654. The largest absolute Gasteiger partial charge is 0.325 e. The third kappa shape index (κ3) is 3.72. The fraction of sp³-hybridized carbons (Fsp3) is 0.250. The molecule has 1 aromatic carbocycles. The quantitative estimate of drug-likeness (QED) is 0.848. The minimum absolute atomic E-state index is 0.217. The van der Waals surface area contributed by atoms with Gasteiger partial charge in [0.2, 0.25) is 11.8 Å².